The topological polar surface area (TPSA) is 86.7 Å². The van der Waals surface area contributed by atoms with Gasteiger partial charge in [-0.15, -0.1) is 0 Å². The number of aromatic nitrogens is 4. The third-order valence-electron chi connectivity index (χ3n) is 5.90. The number of benzene rings is 1. The van der Waals surface area contributed by atoms with Gasteiger partial charge in [-0.3, -0.25) is 18.5 Å². The lowest BCUT2D eigenvalue weighted by Crippen LogP contribution is -2.40. The molecule has 1 atom stereocenters. The monoisotopic (exact) mass is 424 g/mol. The van der Waals surface area contributed by atoms with Crippen LogP contribution in [-0.4, -0.2) is 44.2 Å². The molecule has 3 aromatic rings. The van der Waals surface area contributed by atoms with Crippen LogP contribution in [0.1, 0.15) is 37.9 Å². The summed E-state index contributed by atoms with van der Waals surface area (Å²) in [6, 6.07) is 7.61. The fraction of sp³-hybridized carbons (Fsp3) is 0.455. The molecule has 0 unspecified atom stereocenters. The van der Waals surface area contributed by atoms with E-state index < -0.39 is 0 Å². The molecular formula is C22H28N6O3. The van der Waals surface area contributed by atoms with Crippen LogP contribution in [-0.2, 0) is 18.3 Å². The summed E-state index contributed by atoms with van der Waals surface area (Å²) in [4.78, 5) is 31.3. The van der Waals surface area contributed by atoms with Gasteiger partial charge in [0.15, 0.2) is 11.2 Å². The Balaban J connectivity index is 1.91. The van der Waals surface area contributed by atoms with Crippen molar-refractivity contribution in [1.82, 2.24) is 18.7 Å². The Kier molecular flexibility index (Phi) is 5.53. The van der Waals surface area contributed by atoms with Gasteiger partial charge in [-0.1, -0.05) is 24.3 Å². The van der Waals surface area contributed by atoms with Crippen molar-refractivity contribution in [3.05, 3.63) is 56.2 Å². The molecule has 4 rings (SSSR count). The molecule has 0 bridgehead atoms. The van der Waals surface area contributed by atoms with Crippen molar-refractivity contribution in [3.8, 4) is 0 Å². The quantitative estimate of drug-likeness (QED) is 0.565. The number of fused-ring (bicyclic) bond motifs is 3. The van der Waals surface area contributed by atoms with Crippen LogP contribution in [0.5, 0.6) is 0 Å². The summed E-state index contributed by atoms with van der Waals surface area (Å²) in [6.45, 7) is 9.65. The van der Waals surface area contributed by atoms with E-state index in [-0.39, 0.29) is 23.8 Å². The van der Waals surface area contributed by atoms with E-state index in [1.807, 2.05) is 56.5 Å². The molecule has 9 heteroatoms. The highest BCUT2D eigenvalue weighted by Gasteiger charge is 2.30. The molecule has 2 aromatic heterocycles. The molecule has 164 valence electrons. The summed E-state index contributed by atoms with van der Waals surface area (Å²) in [5.74, 6) is 0.550. The van der Waals surface area contributed by atoms with E-state index in [0.717, 1.165) is 16.8 Å². The molecular weight excluding hydrogens is 396 g/mol. The third-order valence-corrected chi connectivity index (χ3v) is 5.90. The lowest BCUT2D eigenvalue weighted by atomic mass is 10.1. The summed E-state index contributed by atoms with van der Waals surface area (Å²) < 4.78 is 10.1. The predicted molar refractivity (Wildman–Crippen MR) is 121 cm³/mol. The minimum Gasteiger partial charge on any atom is -0.380 e. The highest BCUT2D eigenvalue weighted by atomic mass is 16.5. The van der Waals surface area contributed by atoms with Crippen LogP contribution in [0, 0.1) is 6.92 Å². The fourth-order valence-corrected chi connectivity index (χ4v) is 3.93. The van der Waals surface area contributed by atoms with Gasteiger partial charge in [0.25, 0.3) is 5.56 Å². The molecule has 1 aliphatic heterocycles. The summed E-state index contributed by atoms with van der Waals surface area (Å²) >= 11 is 0. The largest absolute Gasteiger partial charge is 0.380 e. The normalized spacial score (nSPS) is 16.0. The maximum atomic E-state index is 13.6. The van der Waals surface area contributed by atoms with Gasteiger partial charge < -0.3 is 4.74 Å². The third kappa shape index (κ3) is 3.48. The molecule has 0 spiro atoms. The van der Waals surface area contributed by atoms with E-state index in [4.69, 9.17) is 4.74 Å². The lowest BCUT2D eigenvalue weighted by Gasteiger charge is -2.29. The van der Waals surface area contributed by atoms with Crippen LogP contribution >= 0.6 is 0 Å². The van der Waals surface area contributed by atoms with Crippen molar-refractivity contribution in [2.24, 2.45) is 12.1 Å². The Morgan fingerprint density at radius 2 is 1.90 bits per heavy atom. The number of hydrogen-bond acceptors (Lipinski definition) is 6. The van der Waals surface area contributed by atoms with Crippen molar-refractivity contribution in [2.75, 3.05) is 24.8 Å². The zero-order valence-corrected chi connectivity index (χ0v) is 18.6. The predicted octanol–water partition coefficient (Wildman–Crippen LogP) is 2.05. The Labute approximate surface area is 180 Å². The second-order valence-corrected chi connectivity index (χ2v) is 7.85. The number of aryl methyl sites for hydroxylation is 2. The van der Waals surface area contributed by atoms with Gasteiger partial charge in [0, 0.05) is 13.7 Å². The summed E-state index contributed by atoms with van der Waals surface area (Å²) in [5, 5.41) is 6.40. The molecule has 1 aliphatic rings. The average molecular weight is 425 g/mol. The zero-order valence-electron chi connectivity index (χ0n) is 18.6. The molecule has 0 N–H and O–H groups in total. The lowest BCUT2D eigenvalue weighted by molar-refractivity contribution is 0.153. The first-order chi connectivity index (χ1) is 14.8. The van der Waals surface area contributed by atoms with Crippen molar-refractivity contribution < 1.29 is 4.74 Å². The minimum atomic E-state index is -0.387. The molecule has 9 nitrogen and oxygen atoms in total. The van der Waals surface area contributed by atoms with Gasteiger partial charge in [0.1, 0.15) is 0 Å². The van der Waals surface area contributed by atoms with E-state index in [1.54, 1.807) is 12.1 Å². The van der Waals surface area contributed by atoms with E-state index in [9.17, 15) is 9.59 Å². The van der Waals surface area contributed by atoms with Gasteiger partial charge in [-0.05, 0) is 38.8 Å². The standard InChI is InChI=1S/C22H28N6O3/c1-6-31-12-11-27-21-23-19-18(28(21)16(4)15(3)24-27)20(29)26(22(30)25(19)5)13-17-10-8-7-9-14(17)2/h7-10,16H,6,11-13H2,1-5H3/t16-/m0/s1. The number of rotatable bonds is 6. The van der Waals surface area contributed by atoms with Crippen molar-refractivity contribution in [1.29, 1.82) is 0 Å². The summed E-state index contributed by atoms with van der Waals surface area (Å²) in [5.41, 5.74) is 2.88. The van der Waals surface area contributed by atoms with Crippen LogP contribution < -0.4 is 16.3 Å². The van der Waals surface area contributed by atoms with Gasteiger partial charge in [0.05, 0.1) is 31.4 Å². The zero-order chi connectivity index (χ0) is 22.3. The fourth-order valence-electron chi connectivity index (χ4n) is 3.93. The number of nitrogens with zero attached hydrogens (tertiary/aromatic N) is 6. The van der Waals surface area contributed by atoms with Crippen LogP contribution in [0.15, 0.2) is 39.0 Å². The van der Waals surface area contributed by atoms with Crippen LogP contribution in [0.3, 0.4) is 0 Å². The van der Waals surface area contributed by atoms with Crippen molar-refractivity contribution in [3.63, 3.8) is 0 Å². The number of imidazole rings is 1. The highest BCUT2D eigenvalue weighted by Crippen LogP contribution is 2.29. The van der Waals surface area contributed by atoms with Gasteiger partial charge in [0.2, 0.25) is 5.95 Å². The first-order valence-electron chi connectivity index (χ1n) is 10.5. The SMILES string of the molecule is CCOCCN1N=C(C)[C@H](C)n2c1nc1c2c(=O)n(Cc2ccccc2C)c(=O)n1C. The second-order valence-electron chi connectivity index (χ2n) is 7.85. The van der Waals surface area contributed by atoms with E-state index >= 15 is 0 Å². The molecule has 0 radical (unpaired) electrons. The molecule has 0 amide bonds. The Morgan fingerprint density at radius 1 is 1.16 bits per heavy atom. The van der Waals surface area contributed by atoms with Crippen LogP contribution in [0.25, 0.3) is 11.2 Å². The molecule has 3 heterocycles. The van der Waals surface area contributed by atoms with Gasteiger partial charge >= 0.3 is 5.69 Å². The van der Waals surface area contributed by atoms with Gasteiger partial charge in [-0.2, -0.15) is 10.1 Å². The first-order valence-corrected chi connectivity index (χ1v) is 10.5. The summed E-state index contributed by atoms with van der Waals surface area (Å²) in [7, 11) is 1.65. The molecule has 31 heavy (non-hydrogen) atoms. The number of ether oxygens (including phenoxy) is 1. The van der Waals surface area contributed by atoms with Crippen molar-refractivity contribution in [2.45, 2.75) is 40.3 Å². The Morgan fingerprint density at radius 3 is 2.61 bits per heavy atom. The van der Waals surface area contributed by atoms with Crippen molar-refractivity contribution >= 4 is 22.8 Å². The smallest absolute Gasteiger partial charge is 0.332 e. The van der Waals surface area contributed by atoms with E-state index in [2.05, 4.69) is 10.1 Å². The average Bonchev–Trinajstić information content (AvgIpc) is 3.16. The maximum absolute atomic E-state index is 13.6. The maximum Gasteiger partial charge on any atom is 0.332 e. The number of anilines is 1. The van der Waals surface area contributed by atoms with E-state index in [0.29, 0.717) is 36.9 Å². The van der Waals surface area contributed by atoms with Crippen LogP contribution in [0.4, 0.5) is 5.95 Å². The number of hydrazone groups is 1. The first kappa shape index (κ1) is 21.0. The summed E-state index contributed by atoms with van der Waals surface area (Å²) in [6.07, 6.45) is 0. The Hall–Kier alpha value is -3.20. The van der Waals surface area contributed by atoms with Gasteiger partial charge in [-0.25, -0.2) is 9.80 Å². The molecule has 0 fully saturated rings. The van der Waals surface area contributed by atoms with E-state index in [1.165, 1.54) is 9.13 Å². The molecule has 0 saturated heterocycles. The molecule has 1 aromatic carbocycles. The van der Waals surface area contributed by atoms with Crippen LogP contribution in [0.2, 0.25) is 0 Å². The number of hydrogen-bond donors (Lipinski definition) is 0. The molecule has 0 saturated carbocycles. The Bertz CT molecular complexity index is 1280. The minimum absolute atomic E-state index is 0.152. The molecule has 0 aliphatic carbocycles. The highest BCUT2D eigenvalue weighted by molar-refractivity contribution is 5.91. The second kappa shape index (κ2) is 8.14.